The van der Waals surface area contributed by atoms with Crippen LogP contribution in [0.1, 0.15) is 39.7 Å². The van der Waals surface area contributed by atoms with E-state index in [1.807, 2.05) is 24.3 Å². The van der Waals surface area contributed by atoms with Gasteiger partial charge in [-0.05, 0) is 60.4 Å². The van der Waals surface area contributed by atoms with Gasteiger partial charge in [-0.1, -0.05) is 42.5 Å². The highest BCUT2D eigenvalue weighted by atomic mass is 19.4. The summed E-state index contributed by atoms with van der Waals surface area (Å²) in [7, 11) is 0. The fourth-order valence-electron chi connectivity index (χ4n) is 4.63. The lowest BCUT2D eigenvalue weighted by Crippen LogP contribution is -2.41. The van der Waals surface area contributed by atoms with E-state index < -0.39 is 17.8 Å². The standard InChI is InChI=1S/C28H22F4N2O2/c1-17-24(33-27(36-17)20-6-4-7-21(15-20)28(30,31)32)16-25(35)34-14-13-18-5-2-3-8-23(18)26(34)19-9-11-22(29)12-10-19/h2-12,15,26H,13-14,16H2,1H3/t26-/m1/s1. The monoisotopic (exact) mass is 494 g/mol. The molecule has 0 N–H and O–H groups in total. The molecule has 1 aliphatic heterocycles. The molecular formula is C28H22F4N2O2. The van der Waals surface area contributed by atoms with Crippen molar-refractivity contribution < 1.29 is 26.8 Å². The van der Waals surface area contributed by atoms with E-state index in [0.29, 0.717) is 24.4 Å². The highest BCUT2D eigenvalue weighted by Gasteiger charge is 2.33. The molecule has 4 nitrogen and oxygen atoms in total. The molecule has 0 unspecified atom stereocenters. The van der Waals surface area contributed by atoms with Crippen molar-refractivity contribution in [3.05, 3.63) is 112 Å². The number of nitrogens with zero attached hydrogens (tertiary/aromatic N) is 2. The lowest BCUT2D eigenvalue weighted by molar-refractivity contribution is -0.137. The Kier molecular flexibility index (Phi) is 6.12. The molecule has 1 amide bonds. The predicted octanol–water partition coefficient (Wildman–Crippen LogP) is 6.52. The van der Waals surface area contributed by atoms with Crippen molar-refractivity contribution in [2.24, 2.45) is 0 Å². The molecule has 1 aliphatic rings. The number of rotatable bonds is 4. The van der Waals surface area contributed by atoms with Crippen LogP contribution in [0.4, 0.5) is 17.6 Å². The largest absolute Gasteiger partial charge is 0.441 e. The molecule has 36 heavy (non-hydrogen) atoms. The highest BCUT2D eigenvalue weighted by Crippen LogP contribution is 2.36. The molecule has 184 valence electrons. The Morgan fingerprint density at radius 1 is 1.06 bits per heavy atom. The van der Waals surface area contributed by atoms with Crippen LogP contribution in [0, 0.1) is 12.7 Å². The minimum atomic E-state index is -4.49. The fraction of sp³-hybridized carbons (Fsp3) is 0.214. The number of amides is 1. The Morgan fingerprint density at radius 2 is 1.81 bits per heavy atom. The number of hydrogen-bond donors (Lipinski definition) is 0. The number of halogens is 4. The molecule has 2 heterocycles. The molecule has 0 saturated heterocycles. The molecule has 0 saturated carbocycles. The van der Waals surface area contributed by atoms with Crippen LogP contribution in [0.2, 0.25) is 0 Å². The summed E-state index contributed by atoms with van der Waals surface area (Å²) >= 11 is 0. The molecule has 0 aliphatic carbocycles. The normalized spacial score (nSPS) is 15.6. The Morgan fingerprint density at radius 3 is 2.56 bits per heavy atom. The van der Waals surface area contributed by atoms with E-state index >= 15 is 0 Å². The van der Waals surface area contributed by atoms with Crippen LogP contribution in [0.5, 0.6) is 0 Å². The molecule has 8 heteroatoms. The van der Waals surface area contributed by atoms with Gasteiger partial charge in [0.1, 0.15) is 11.6 Å². The van der Waals surface area contributed by atoms with Crippen LogP contribution < -0.4 is 0 Å². The summed E-state index contributed by atoms with van der Waals surface area (Å²) in [5.74, 6) is -0.168. The number of benzene rings is 3. The minimum absolute atomic E-state index is 0.0282. The first-order valence-corrected chi connectivity index (χ1v) is 11.5. The molecule has 0 bridgehead atoms. The van der Waals surface area contributed by atoms with Crippen molar-refractivity contribution in [1.29, 1.82) is 0 Å². The van der Waals surface area contributed by atoms with Gasteiger partial charge in [-0.3, -0.25) is 4.79 Å². The summed E-state index contributed by atoms with van der Waals surface area (Å²) in [6, 6.07) is 18.3. The van der Waals surface area contributed by atoms with Crippen LogP contribution in [0.3, 0.4) is 0 Å². The smallest absolute Gasteiger partial charge is 0.416 e. The second-order valence-electron chi connectivity index (χ2n) is 8.77. The Labute approximate surface area is 205 Å². The van der Waals surface area contributed by atoms with Gasteiger partial charge in [-0.2, -0.15) is 13.2 Å². The minimum Gasteiger partial charge on any atom is -0.441 e. The number of hydrogen-bond acceptors (Lipinski definition) is 3. The summed E-state index contributed by atoms with van der Waals surface area (Å²) in [5.41, 5.74) is 2.64. The number of aromatic nitrogens is 1. The average molecular weight is 494 g/mol. The van der Waals surface area contributed by atoms with E-state index in [1.54, 1.807) is 24.0 Å². The van der Waals surface area contributed by atoms with Gasteiger partial charge in [0.25, 0.3) is 0 Å². The third-order valence-corrected chi connectivity index (χ3v) is 6.44. The zero-order valence-electron chi connectivity index (χ0n) is 19.3. The Balaban J connectivity index is 1.44. The zero-order chi connectivity index (χ0) is 25.4. The summed E-state index contributed by atoms with van der Waals surface area (Å²) in [6.07, 6.45) is -3.89. The second-order valence-corrected chi connectivity index (χ2v) is 8.77. The first-order chi connectivity index (χ1) is 17.2. The van der Waals surface area contributed by atoms with Gasteiger partial charge in [-0.15, -0.1) is 0 Å². The van der Waals surface area contributed by atoms with Gasteiger partial charge < -0.3 is 9.32 Å². The number of fused-ring (bicyclic) bond motifs is 1. The van der Waals surface area contributed by atoms with E-state index in [0.717, 1.165) is 28.8 Å². The molecule has 1 aromatic heterocycles. The number of carbonyl (C=O) groups excluding carboxylic acids is 1. The number of carbonyl (C=O) groups is 1. The van der Waals surface area contributed by atoms with Gasteiger partial charge in [0.2, 0.25) is 11.8 Å². The summed E-state index contributed by atoms with van der Waals surface area (Å²) in [6.45, 7) is 2.10. The van der Waals surface area contributed by atoms with Crippen LogP contribution in [0.25, 0.3) is 11.5 Å². The van der Waals surface area contributed by atoms with Crippen LogP contribution in [0.15, 0.2) is 77.2 Å². The van der Waals surface area contributed by atoms with Gasteiger partial charge in [0.05, 0.1) is 23.7 Å². The molecule has 0 fully saturated rings. The van der Waals surface area contributed by atoms with Crippen LogP contribution in [-0.2, 0) is 23.8 Å². The van der Waals surface area contributed by atoms with Crippen molar-refractivity contribution in [3.8, 4) is 11.5 Å². The third-order valence-electron chi connectivity index (χ3n) is 6.44. The third kappa shape index (κ3) is 4.63. The van der Waals surface area contributed by atoms with E-state index in [4.69, 9.17) is 4.42 Å². The summed E-state index contributed by atoms with van der Waals surface area (Å²) in [4.78, 5) is 19.6. The maximum absolute atomic E-state index is 13.6. The SMILES string of the molecule is Cc1oc(-c2cccc(C(F)(F)F)c2)nc1CC(=O)N1CCc2ccccc2[C@H]1c1ccc(F)cc1. The number of aryl methyl sites for hydroxylation is 1. The van der Waals surface area contributed by atoms with Crippen molar-refractivity contribution in [2.75, 3.05) is 6.54 Å². The number of oxazole rings is 1. The Hall–Kier alpha value is -3.94. The lowest BCUT2D eigenvalue weighted by Gasteiger charge is -2.38. The zero-order valence-corrected chi connectivity index (χ0v) is 19.3. The van der Waals surface area contributed by atoms with Crippen molar-refractivity contribution in [2.45, 2.75) is 32.0 Å². The van der Waals surface area contributed by atoms with E-state index in [1.165, 1.54) is 24.3 Å². The van der Waals surface area contributed by atoms with Crippen LogP contribution in [-0.4, -0.2) is 22.3 Å². The predicted molar refractivity (Wildman–Crippen MR) is 125 cm³/mol. The molecule has 3 aromatic carbocycles. The first-order valence-electron chi connectivity index (χ1n) is 11.5. The molecule has 0 spiro atoms. The highest BCUT2D eigenvalue weighted by molar-refractivity contribution is 5.80. The molecule has 5 rings (SSSR count). The quantitative estimate of drug-likeness (QED) is 0.303. The molecule has 1 atom stereocenters. The maximum atomic E-state index is 13.6. The second kappa shape index (κ2) is 9.26. The van der Waals surface area contributed by atoms with Crippen molar-refractivity contribution in [1.82, 2.24) is 9.88 Å². The van der Waals surface area contributed by atoms with E-state index in [9.17, 15) is 22.4 Å². The number of alkyl halides is 3. The van der Waals surface area contributed by atoms with Crippen molar-refractivity contribution in [3.63, 3.8) is 0 Å². The van der Waals surface area contributed by atoms with Gasteiger partial charge in [0.15, 0.2) is 0 Å². The summed E-state index contributed by atoms with van der Waals surface area (Å²) < 4.78 is 58.6. The fourth-order valence-corrected chi connectivity index (χ4v) is 4.63. The van der Waals surface area contributed by atoms with Gasteiger partial charge in [0, 0.05) is 12.1 Å². The first kappa shape index (κ1) is 23.8. The van der Waals surface area contributed by atoms with Crippen molar-refractivity contribution >= 4 is 5.91 Å². The average Bonchev–Trinajstić information content (AvgIpc) is 3.23. The topological polar surface area (TPSA) is 46.3 Å². The maximum Gasteiger partial charge on any atom is 0.416 e. The van der Waals surface area contributed by atoms with E-state index in [2.05, 4.69) is 4.98 Å². The lowest BCUT2D eigenvalue weighted by atomic mass is 9.88. The molecule has 0 radical (unpaired) electrons. The van der Waals surface area contributed by atoms with Gasteiger partial charge in [-0.25, -0.2) is 9.37 Å². The van der Waals surface area contributed by atoms with Gasteiger partial charge >= 0.3 is 6.18 Å². The summed E-state index contributed by atoms with van der Waals surface area (Å²) in [5, 5.41) is 0. The van der Waals surface area contributed by atoms with Crippen LogP contribution >= 0.6 is 0 Å². The Bertz CT molecular complexity index is 1410. The van der Waals surface area contributed by atoms with E-state index in [-0.39, 0.29) is 29.6 Å². The molecule has 4 aromatic rings. The molecular weight excluding hydrogens is 472 g/mol.